The van der Waals surface area contributed by atoms with Crippen molar-refractivity contribution in [2.45, 2.75) is 112 Å². The number of aryl methyl sites for hydroxylation is 1. The van der Waals surface area contributed by atoms with Crippen molar-refractivity contribution in [1.29, 1.82) is 0 Å². The van der Waals surface area contributed by atoms with Crippen LogP contribution in [0.25, 0.3) is 0 Å². The second-order valence-corrected chi connectivity index (χ2v) is 13.0. The zero-order chi connectivity index (χ0) is 40.6. The summed E-state index contributed by atoms with van der Waals surface area (Å²) in [7, 11) is 0. The predicted octanol–water partition coefficient (Wildman–Crippen LogP) is 7.51. The highest BCUT2D eigenvalue weighted by molar-refractivity contribution is 6.03. The van der Waals surface area contributed by atoms with E-state index in [1.165, 1.54) is 13.7 Å². The van der Waals surface area contributed by atoms with E-state index in [-0.39, 0.29) is 54.1 Å². The lowest BCUT2D eigenvalue weighted by Gasteiger charge is -2.17. The number of hydrogen-bond acceptors (Lipinski definition) is 8. The van der Waals surface area contributed by atoms with Gasteiger partial charge in [0.2, 0.25) is 0 Å². The summed E-state index contributed by atoms with van der Waals surface area (Å²) >= 11 is 0. The molecule has 2 aliphatic rings. The van der Waals surface area contributed by atoms with Gasteiger partial charge in [-0.2, -0.15) is 4.98 Å². The lowest BCUT2D eigenvalue weighted by molar-refractivity contribution is -0.0344. The van der Waals surface area contributed by atoms with Gasteiger partial charge < -0.3 is 19.5 Å². The minimum atomic E-state index is -0.463. The van der Waals surface area contributed by atoms with Crippen molar-refractivity contribution < 1.29 is 19.0 Å². The maximum atomic E-state index is 13.1. The summed E-state index contributed by atoms with van der Waals surface area (Å²) in [4.78, 5) is 53.8. The number of nitrogens with zero attached hydrogens (tertiary/aromatic N) is 4. The van der Waals surface area contributed by atoms with Crippen LogP contribution < -0.4 is 22.3 Å². The fourth-order valence-corrected chi connectivity index (χ4v) is 6.28. The van der Waals surface area contributed by atoms with Gasteiger partial charge in [-0.25, -0.2) is 9.59 Å². The van der Waals surface area contributed by atoms with Crippen molar-refractivity contribution in [2.75, 3.05) is 5.32 Å². The Balaban J connectivity index is 0.000000237. The highest BCUT2D eigenvalue weighted by Crippen LogP contribution is 2.30. The zero-order valence-electron chi connectivity index (χ0n) is 33.5. The van der Waals surface area contributed by atoms with Gasteiger partial charge in [0.15, 0.2) is 0 Å². The van der Waals surface area contributed by atoms with E-state index in [1.807, 2.05) is 108 Å². The Hall–Kier alpha value is -5.43. The molecule has 2 saturated heterocycles. The van der Waals surface area contributed by atoms with Gasteiger partial charge in [0.05, 0.1) is 31.5 Å². The number of rotatable bonds is 9. The summed E-state index contributed by atoms with van der Waals surface area (Å²) < 4.78 is 22.0. The minimum Gasteiger partial charge on any atom is -0.371 e. The van der Waals surface area contributed by atoms with E-state index in [1.54, 1.807) is 49.6 Å². The van der Waals surface area contributed by atoms with E-state index >= 15 is 0 Å². The number of hydrogen-bond donors (Lipinski definition) is 1. The third kappa shape index (κ3) is 11.5. The number of carbonyl (C=O) groups excluding carboxylic acids is 1. The largest absolute Gasteiger partial charge is 0.371 e. The molecule has 2 aliphatic heterocycles. The number of benzene rings is 3. The number of nitrogens with one attached hydrogen (secondary N) is 1. The number of aromatic nitrogens is 4. The van der Waals surface area contributed by atoms with Crippen LogP contribution in [0, 0.1) is 6.92 Å². The monoisotopic (exact) mass is 765 g/mol. The highest BCUT2D eigenvalue weighted by atomic mass is 16.6. The number of amides is 1. The van der Waals surface area contributed by atoms with Crippen LogP contribution in [-0.4, -0.2) is 42.9 Å². The van der Waals surface area contributed by atoms with Gasteiger partial charge in [0.25, 0.3) is 11.5 Å². The molecule has 12 nitrogen and oxygen atoms in total. The maximum Gasteiger partial charge on any atom is 0.351 e. The van der Waals surface area contributed by atoms with Gasteiger partial charge in [-0.15, -0.1) is 0 Å². The molecule has 4 heterocycles. The Kier molecular flexibility index (Phi) is 16.7. The molecule has 1 N–H and O–H groups in total. The first-order valence-electron chi connectivity index (χ1n) is 19.4. The van der Waals surface area contributed by atoms with Gasteiger partial charge >= 0.3 is 11.4 Å². The third-order valence-electron chi connectivity index (χ3n) is 9.12. The van der Waals surface area contributed by atoms with Crippen LogP contribution >= 0.6 is 0 Å². The van der Waals surface area contributed by atoms with E-state index in [0.29, 0.717) is 24.2 Å². The SMILES string of the molecule is CC.CC.CC1CCC(n2ccc(NC(=O)c3ccccc3)nc2=O)O1.Cc1cn(C2CC(OCc3ccccc3)C(C)O2)c(=O)n(Cc2ccccc2)c1=O. The van der Waals surface area contributed by atoms with E-state index < -0.39 is 11.9 Å². The minimum absolute atomic E-state index is 0.128. The summed E-state index contributed by atoms with van der Waals surface area (Å²) in [6.07, 6.45) is 4.61. The second kappa shape index (κ2) is 21.6. The van der Waals surface area contributed by atoms with Gasteiger partial charge in [-0.3, -0.25) is 23.3 Å². The molecule has 0 saturated carbocycles. The molecule has 5 aromatic rings. The molecule has 0 spiro atoms. The summed E-state index contributed by atoms with van der Waals surface area (Å²) in [5.41, 5.74) is 1.96. The van der Waals surface area contributed by atoms with Crippen molar-refractivity contribution in [1.82, 2.24) is 18.7 Å². The molecule has 298 valence electrons. The van der Waals surface area contributed by atoms with Crippen LogP contribution in [0.15, 0.2) is 124 Å². The van der Waals surface area contributed by atoms with Crippen LogP contribution in [0.2, 0.25) is 0 Å². The highest BCUT2D eigenvalue weighted by Gasteiger charge is 2.35. The van der Waals surface area contributed by atoms with Gasteiger partial charge in [-0.1, -0.05) is 107 Å². The van der Waals surface area contributed by atoms with E-state index in [4.69, 9.17) is 14.2 Å². The summed E-state index contributed by atoms with van der Waals surface area (Å²) in [5.74, 6) is -0.0582. The zero-order valence-corrected chi connectivity index (χ0v) is 33.5. The maximum absolute atomic E-state index is 13.1. The topological polar surface area (TPSA) is 136 Å². The number of carbonyl (C=O) groups is 1. The van der Waals surface area contributed by atoms with Crippen LogP contribution in [0.1, 0.15) is 100 Å². The second-order valence-electron chi connectivity index (χ2n) is 13.0. The van der Waals surface area contributed by atoms with Crippen molar-refractivity contribution in [3.8, 4) is 0 Å². The smallest absolute Gasteiger partial charge is 0.351 e. The fraction of sp³-hybridized carbons (Fsp3) is 0.386. The molecule has 12 heteroatoms. The Morgan fingerprint density at radius 1 is 0.786 bits per heavy atom. The Morgan fingerprint density at radius 2 is 1.39 bits per heavy atom. The molecular formula is C44H55N5O7. The average Bonchev–Trinajstić information content (AvgIpc) is 3.84. The lowest BCUT2D eigenvalue weighted by atomic mass is 10.2. The molecular weight excluding hydrogens is 711 g/mol. The first-order valence-corrected chi connectivity index (χ1v) is 19.4. The lowest BCUT2D eigenvalue weighted by Crippen LogP contribution is -2.42. The van der Waals surface area contributed by atoms with Crippen LogP contribution in [0.5, 0.6) is 0 Å². The predicted molar refractivity (Wildman–Crippen MR) is 219 cm³/mol. The first-order chi connectivity index (χ1) is 27.2. The van der Waals surface area contributed by atoms with Gasteiger partial charge in [0, 0.05) is 29.9 Å². The van der Waals surface area contributed by atoms with Crippen molar-refractivity contribution in [3.05, 3.63) is 163 Å². The molecule has 5 atom stereocenters. The molecule has 56 heavy (non-hydrogen) atoms. The molecule has 2 aromatic heterocycles. The van der Waals surface area contributed by atoms with Crippen LogP contribution in [0.3, 0.4) is 0 Å². The fourth-order valence-electron chi connectivity index (χ4n) is 6.28. The molecule has 1 amide bonds. The molecule has 0 radical (unpaired) electrons. The van der Waals surface area contributed by atoms with Crippen molar-refractivity contribution in [2.24, 2.45) is 0 Å². The standard InChI is InChI=1S/C24H26N2O4.C16H17N3O3.2C2H6/c1-17-14-25(24(28)26(23(17)27)15-19-9-5-3-6-10-19)22-13-21(18(2)30-22)29-16-20-11-7-4-8-12-20;1-11-7-8-14(22-11)19-10-9-13(18-16(19)21)17-15(20)12-5-3-2-4-6-12;2*1-2/h3-12,14,18,21-22H,13,15-16H2,1-2H3;2-6,9-11,14H,7-8H2,1H3,(H,17,18,20,21);2*1-2H3. The van der Waals surface area contributed by atoms with Gasteiger partial charge in [0.1, 0.15) is 18.3 Å². The number of ether oxygens (including phenoxy) is 3. The summed E-state index contributed by atoms with van der Waals surface area (Å²) in [5, 5.41) is 2.62. The number of anilines is 1. The summed E-state index contributed by atoms with van der Waals surface area (Å²) in [6.45, 7) is 14.4. The Morgan fingerprint density at radius 3 is 1.98 bits per heavy atom. The van der Waals surface area contributed by atoms with Gasteiger partial charge in [-0.05, 0) is 62.9 Å². The Labute approximate surface area is 328 Å². The Bertz CT molecular complexity index is 2140. The third-order valence-corrected chi connectivity index (χ3v) is 9.12. The molecule has 7 rings (SSSR count). The van der Waals surface area contributed by atoms with Crippen molar-refractivity contribution in [3.63, 3.8) is 0 Å². The molecule has 2 fully saturated rings. The molecule has 5 unspecified atom stereocenters. The van der Waals surface area contributed by atoms with Crippen molar-refractivity contribution >= 4 is 11.7 Å². The molecule has 3 aromatic carbocycles. The van der Waals surface area contributed by atoms with E-state index in [2.05, 4.69) is 10.3 Å². The van der Waals surface area contributed by atoms with E-state index in [9.17, 15) is 19.2 Å². The quantitative estimate of drug-likeness (QED) is 0.163. The van der Waals surface area contributed by atoms with E-state index in [0.717, 1.165) is 24.0 Å². The van der Waals surface area contributed by atoms with Crippen LogP contribution in [0.4, 0.5) is 5.82 Å². The average molecular weight is 766 g/mol. The molecule has 0 aliphatic carbocycles. The van der Waals surface area contributed by atoms with Crippen LogP contribution in [-0.2, 0) is 27.4 Å². The normalized spacial score (nSPS) is 19.7. The summed E-state index contributed by atoms with van der Waals surface area (Å²) in [6, 6.07) is 29.9. The first kappa shape index (κ1) is 43.3. The molecule has 0 bridgehead atoms.